The molecule has 0 aliphatic carbocycles. The highest BCUT2D eigenvalue weighted by Crippen LogP contribution is 2.53. The molecule has 148 valence electrons. The van der Waals surface area contributed by atoms with E-state index in [1.165, 1.54) is 13.8 Å². The molecule has 2 aliphatic rings. The van der Waals surface area contributed by atoms with Gasteiger partial charge in [-0.2, -0.15) is 5.26 Å². The highest BCUT2D eigenvalue weighted by Gasteiger charge is 2.67. The van der Waals surface area contributed by atoms with Gasteiger partial charge < -0.3 is 14.9 Å². The van der Waals surface area contributed by atoms with Crippen molar-refractivity contribution in [1.82, 2.24) is 9.80 Å². The summed E-state index contributed by atoms with van der Waals surface area (Å²) in [6, 6.07) is 17.4. The molecule has 6 nitrogen and oxygen atoms in total. The van der Waals surface area contributed by atoms with Crippen LogP contribution in [-0.4, -0.2) is 58.0 Å². The van der Waals surface area contributed by atoms with Gasteiger partial charge in [-0.05, 0) is 28.8 Å². The molecule has 2 aliphatic heterocycles. The number of benzene rings is 2. The van der Waals surface area contributed by atoms with Crippen LogP contribution < -0.4 is 0 Å². The van der Waals surface area contributed by atoms with E-state index in [2.05, 4.69) is 6.07 Å². The molecule has 6 heteroatoms. The summed E-state index contributed by atoms with van der Waals surface area (Å²) in [4.78, 5) is 27.5. The summed E-state index contributed by atoms with van der Waals surface area (Å²) in [5, 5.41) is 18.9. The molecule has 2 heterocycles. The second kappa shape index (κ2) is 7.02. The summed E-state index contributed by atoms with van der Waals surface area (Å²) in [6.45, 7) is 3.95. The summed E-state index contributed by atoms with van der Waals surface area (Å²) >= 11 is 0. The first-order valence-electron chi connectivity index (χ1n) is 9.68. The van der Waals surface area contributed by atoms with Gasteiger partial charge in [-0.3, -0.25) is 9.59 Å². The third kappa shape index (κ3) is 2.90. The van der Waals surface area contributed by atoms with Crippen LogP contribution in [0.5, 0.6) is 0 Å². The van der Waals surface area contributed by atoms with Gasteiger partial charge in [-0.1, -0.05) is 36.4 Å². The van der Waals surface area contributed by atoms with E-state index in [-0.39, 0.29) is 30.4 Å². The second-order valence-electron chi connectivity index (χ2n) is 7.91. The molecule has 2 atom stereocenters. The van der Waals surface area contributed by atoms with Crippen molar-refractivity contribution in [2.24, 2.45) is 0 Å². The van der Waals surface area contributed by atoms with Crippen LogP contribution in [0.15, 0.2) is 48.5 Å². The van der Waals surface area contributed by atoms with Gasteiger partial charge in [0.1, 0.15) is 0 Å². The number of carbonyl (C=O) groups is 2. The minimum absolute atomic E-state index is 0.00138. The van der Waals surface area contributed by atoms with Crippen LogP contribution in [0.25, 0.3) is 11.1 Å². The predicted octanol–water partition coefficient (Wildman–Crippen LogP) is 2.13. The molecule has 0 radical (unpaired) electrons. The van der Waals surface area contributed by atoms with Crippen LogP contribution in [0.3, 0.4) is 0 Å². The SMILES string of the molecule is CC(=O)N1CC2(C1)[C@@H](c1ccc(-c3ccc(C#N)cc3)cc1)[C@@H](CO)N2C(C)=O. The van der Waals surface area contributed by atoms with E-state index in [9.17, 15) is 14.7 Å². The van der Waals surface area contributed by atoms with E-state index in [0.717, 1.165) is 16.7 Å². The standard InChI is InChI=1S/C23H23N3O3/c1-15(28)25-13-23(14-25)22(21(12-27)26(23)16(2)29)20-9-7-19(8-10-20)18-5-3-17(11-24)4-6-18/h3-10,21-22,27H,12-14H2,1-2H3/t21-,22+/m1/s1. The van der Waals surface area contributed by atoms with Gasteiger partial charge in [0.05, 0.1) is 29.8 Å². The first-order chi connectivity index (χ1) is 13.9. The van der Waals surface area contributed by atoms with Crippen LogP contribution in [0.4, 0.5) is 0 Å². The number of hydrogen-bond donors (Lipinski definition) is 1. The Morgan fingerprint density at radius 1 is 1.03 bits per heavy atom. The second-order valence-corrected chi connectivity index (χ2v) is 7.91. The Hall–Kier alpha value is -3.17. The Labute approximate surface area is 170 Å². The zero-order valence-electron chi connectivity index (χ0n) is 16.5. The zero-order chi connectivity index (χ0) is 20.8. The summed E-state index contributed by atoms with van der Waals surface area (Å²) in [7, 11) is 0. The smallest absolute Gasteiger partial charge is 0.220 e. The summed E-state index contributed by atoms with van der Waals surface area (Å²) in [6.07, 6.45) is 0. The third-order valence-corrected chi connectivity index (χ3v) is 6.29. The minimum atomic E-state index is -0.430. The first-order valence-corrected chi connectivity index (χ1v) is 9.68. The van der Waals surface area contributed by atoms with Gasteiger partial charge >= 0.3 is 0 Å². The molecule has 4 rings (SSSR count). The lowest BCUT2D eigenvalue weighted by molar-refractivity contribution is -0.200. The number of nitriles is 1. The number of hydrogen-bond acceptors (Lipinski definition) is 4. The molecular formula is C23H23N3O3. The Kier molecular flexibility index (Phi) is 4.64. The van der Waals surface area contributed by atoms with Gasteiger partial charge in [0, 0.05) is 32.9 Å². The van der Waals surface area contributed by atoms with E-state index >= 15 is 0 Å². The molecule has 2 amide bonds. The third-order valence-electron chi connectivity index (χ3n) is 6.29. The quantitative estimate of drug-likeness (QED) is 0.872. The molecule has 1 N–H and O–H groups in total. The number of aliphatic hydroxyl groups is 1. The summed E-state index contributed by atoms with van der Waals surface area (Å²) < 4.78 is 0. The maximum absolute atomic E-state index is 12.2. The molecule has 0 aromatic heterocycles. The number of aliphatic hydroxyl groups excluding tert-OH is 1. The molecule has 2 saturated heterocycles. The minimum Gasteiger partial charge on any atom is -0.394 e. The molecule has 2 fully saturated rings. The summed E-state index contributed by atoms with van der Waals surface area (Å²) in [5.74, 6) is -0.0822. The van der Waals surface area contributed by atoms with E-state index in [0.29, 0.717) is 18.7 Å². The predicted molar refractivity (Wildman–Crippen MR) is 108 cm³/mol. The number of nitrogens with zero attached hydrogens (tertiary/aromatic N) is 3. The molecule has 0 unspecified atom stereocenters. The normalized spacial score (nSPS) is 21.9. The first kappa shape index (κ1) is 19.2. The lowest BCUT2D eigenvalue weighted by atomic mass is 9.60. The van der Waals surface area contributed by atoms with Crippen LogP contribution in [0.1, 0.15) is 30.9 Å². The van der Waals surface area contributed by atoms with Crippen molar-refractivity contribution in [3.05, 3.63) is 59.7 Å². The van der Waals surface area contributed by atoms with E-state index in [4.69, 9.17) is 5.26 Å². The zero-order valence-corrected chi connectivity index (χ0v) is 16.5. The van der Waals surface area contributed by atoms with Crippen molar-refractivity contribution in [2.45, 2.75) is 31.3 Å². The van der Waals surface area contributed by atoms with Gasteiger partial charge in [0.15, 0.2) is 0 Å². The van der Waals surface area contributed by atoms with Crippen molar-refractivity contribution in [3.8, 4) is 17.2 Å². The van der Waals surface area contributed by atoms with Crippen molar-refractivity contribution in [2.75, 3.05) is 19.7 Å². The Balaban J connectivity index is 1.62. The average molecular weight is 389 g/mol. The lowest BCUT2D eigenvalue weighted by Gasteiger charge is -2.70. The molecule has 0 bridgehead atoms. The molecule has 0 saturated carbocycles. The highest BCUT2D eigenvalue weighted by atomic mass is 16.3. The van der Waals surface area contributed by atoms with Crippen LogP contribution in [0.2, 0.25) is 0 Å². The number of rotatable bonds is 3. The monoisotopic (exact) mass is 389 g/mol. The van der Waals surface area contributed by atoms with Gasteiger partial charge in [0.2, 0.25) is 11.8 Å². The summed E-state index contributed by atoms with van der Waals surface area (Å²) in [5.41, 5.74) is 3.31. The molecule has 1 spiro atoms. The van der Waals surface area contributed by atoms with Crippen molar-refractivity contribution in [3.63, 3.8) is 0 Å². The van der Waals surface area contributed by atoms with Crippen molar-refractivity contribution < 1.29 is 14.7 Å². The van der Waals surface area contributed by atoms with Gasteiger partial charge in [0.25, 0.3) is 0 Å². The molecule has 2 aromatic rings. The van der Waals surface area contributed by atoms with Crippen LogP contribution >= 0.6 is 0 Å². The number of likely N-dealkylation sites (tertiary alicyclic amines) is 2. The fraction of sp³-hybridized carbons (Fsp3) is 0.348. The maximum Gasteiger partial charge on any atom is 0.220 e. The van der Waals surface area contributed by atoms with Crippen LogP contribution in [0, 0.1) is 11.3 Å². The highest BCUT2D eigenvalue weighted by molar-refractivity contribution is 5.80. The van der Waals surface area contributed by atoms with E-state index < -0.39 is 5.54 Å². The van der Waals surface area contributed by atoms with Crippen LogP contribution in [-0.2, 0) is 9.59 Å². The average Bonchev–Trinajstić information content (AvgIpc) is 2.66. The molecule has 29 heavy (non-hydrogen) atoms. The molecule has 2 aromatic carbocycles. The topological polar surface area (TPSA) is 84.6 Å². The fourth-order valence-corrected chi connectivity index (χ4v) is 4.98. The van der Waals surface area contributed by atoms with Crippen molar-refractivity contribution >= 4 is 11.8 Å². The maximum atomic E-state index is 12.2. The van der Waals surface area contributed by atoms with E-state index in [1.807, 2.05) is 36.4 Å². The van der Waals surface area contributed by atoms with Gasteiger partial charge in [-0.15, -0.1) is 0 Å². The number of amides is 2. The molecular weight excluding hydrogens is 366 g/mol. The van der Waals surface area contributed by atoms with Gasteiger partial charge in [-0.25, -0.2) is 0 Å². The van der Waals surface area contributed by atoms with E-state index in [1.54, 1.807) is 21.9 Å². The Bertz CT molecular complexity index is 986. The largest absolute Gasteiger partial charge is 0.394 e. The Morgan fingerprint density at radius 2 is 1.59 bits per heavy atom. The number of carbonyl (C=O) groups excluding carboxylic acids is 2. The lowest BCUT2D eigenvalue weighted by Crippen LogP contribution is -2.85. The fourth-order valence-electron chi connectivity index (χ4n) is 4.98. The Morgan fingerprint density at radius 3 is 2.03 bits per heavy atom. The van der Waals surface area contributed by atoms with Crippen molar-refractivity contribution in [1.29, 1.82) is 5.26 Å².